The second-order valence-electron chi connectivity index (χ2n) is 6.31. The molecule has 1 heterocycles. The van der Waals surface area contributed by atoms with Crippen LogP contribution in [0.25, 0.3) is 0 Å². The van der Waals surface area contributed by atoms with E-state index in [4.69, 9.17) is 9.84 Å². The molecule has 1 N–H and O–H groups in total. The number of rotatable bonds is 5. The molecular weight excluding hydrogens is 332 g/mol. The highest BCUT2D eigenvalue weighted by atomic mass is 16.5. The average molecular weight is 354 g/mol. The Balaban J connectivity index is 1.63. The summed E-state index contributed by atoms with van der Waals surface area (Å²) < 4.78 is 5.36. The summed E-state index contributed by atoms with van der Waals surface area (Å²) in [5.74, 6) is -1.03. The van der Waals surface area contributed by atoms with Gasteiger partial charge in [-0.2, -0.15) is 0 Å². The number of carboxylic acid groups (broad SMARTS) is 1. The summed E-state index contributed by atoms with van der Waals surface area (Å²) in [4.78, 5) is 27.4. The maximum Gasteiger partial charge on any atom is 0.335 e. The third-order valence-corrected chi connectivity index (χ3v) is 4.46. The molecule has 1 aliphatic heterocycles. The van der Waals surface area contributed by atoms with E-state index in [1.54, 1.807) is 36.2 Å². The van der Waals surface area contributed by atoms with E-state index in [2.05, 4.69) is 4.90 Å². The Morgan fingerprint density at radius 2 is 1.58 bits per heavy atom. The second kappa shape index (κ2) is 8.01. The Morgan fingerprint density at radius 1 is 1.00 bits per heavy atom. The van der Waals surface area contributed by atoms with Gasteiger partial charge in [0.05, 0.1) is 18.8 Å². The number of morpholine rings is 1. The Bertz CT molecular complexity index is 765. The Morgan fingerprint density at radius 3 is 2.15 bits per heavy atom. The Hall–Kier alpha value is -2.86. The van der Waals surface area contributed by atoms with Crippen LogP contribution >= 0.6 is 0 Å². The van der Waals surface area contributed by atoms with E-state index in [9.17, 15) is 9.59 Å². The zero-order valence-corrected chi connectivity index (χ0v) is 14.7. The van der Waals surface area contributed by atoms with Crippen molar-refractivity contribution in [3.05, 3.63) is 65.2 Å². The van der Waals surface area contributed by atoms with Gasteiger partial charge in [-0.3, -0.25) is 4.79 Å². The van der Waals surface area contributed by atoms with Crippen molar-refractivity contribution in [3.8, 4) is 0 Å². The molecule has 0 bridgehead atoms. The molecule has 0 radical (unpaired) electrons. The summed E-state index contributed by atoms with van der Waals surface area (Å²) in [6, 6.07) is 14.2. The molecule has 6 nitrogen and oxygen atoms in total. The fourth-order valence-electron chi connectivity index (χ4n) is 2.96. The van der Waals surface area contributed by atoms with Crippen LogP contribution < -0.4 is 4.90 Å². The molecule has 1 amide bonds. The Kier molecular flexibility index (Phi) is 5.53. The number of benzene rings is 2. The number of hydrogen-bond donors (Lipinski definition) is 1. The molecule has 0 unspecified atom stereocenters. The average Bonchev–Trinajstić information content (AvgIpc) is 2.68. The van der Waals surface area contributed by atoms with Gasteiger partial charge in [-0.05, 0) is 42.0 Å². The highest BCUT2D eigenvalue weighted by Gasteiger charge is 2.15. The van der Waals surface area contributed by atoms with Crippen molar-refractivity contribution < 1.29 is 19.4 Å². The molecule has 3 rings (SSSR count). The fourth-order valence-corrected chi connectivity index (χ4v) is 2.96. The molecule has 1 aliphatic rings. The van der Waals surface area contributed by atoms with E-state index in [0.717, 1.165) is 37.6 Å². The molecule has 6 heteroatoms. The molecule has 0 atom stereocenters. The van der Waals surface area contributed by atoms with Gasteiger partial charge in [-0.1, -0.05) is 12.1 Å². The monoisotopic (exact) mass is 354 g/mol. The van der Waals surface area contributed by atoms with Gasteiger partial charge in [-0.15, -0.1) is 0 Å². The zero-order valence-electron chi connectivity index (χ0n) is 14.7. The van der Waals surface area contributed by atoms with Gasteiger partial charge in [0, 0.05) is 37.9 Å². The summed E-state index contributed by atoms with van der Waals surface area (Å²) in [5.41, 5.74) is 2.85. The van der Waals surface area contributed by atoms with Crippen LogP contribution in [-0.2, 0) is 11.3 Å². The quantitative estimate of drug-likeness (QED) is 0.893. The fraction of sp³-hybridized carbons (Fsp3) is 0.300. The number of carboxylic acids is 1. The minimum absolute atomic E-state index is 0.0687. The minimum Gasteiger partial charge on any atom is -0.478 e. The predicted octanol–water partition coefficient (Wildman–Crippen LogP) is 2.49. The van der Waals surface area contributed by atoms with Crippen LogP contribution in [0.5, 0.6) is 0 Å². The topological polar surface area (TPSA) is 70.1 Å². The van der Waals surface area contributed by atoms with E-state index in [0.29, 0.717) is 12.1 Å². The van der Waals surface area contributed by atoms with Crippen molar-refractivity contribution in [1.29, 1.82) is 0 Å². The number of anilines is 1. The molecule has 0 spiro atoms. The van der Waals surface area contributed by atoms with E-state index in [-0.39, 0.29) is 11.5 Å². The van der Waals surface area contributed by atoms with Gasteiger partial charge in [0.2, 0.25) is 0 Å². The van der Waals surface area contributed by atoms with Gasteiger partial charge in [0.25, 0.3) is 5.91 Å². The van der Waals surface area contributed by atoms with Crippen LogP contribution in [0.15, 0.2) is 48.5 Å². The van der Waals surface area contributed by atoms with Crippen LogP contribution in [0.1, 0.15) is 26.3 Å². The van der Waals surface area contributed by atoms with Crippen LogP contribution in [0.4, 0.5) is 5.69 Å². The first-order chi connectivity index (χ1) is 12.5. The van der Waals surface area contributed by atoms with Gasteiger partial charge < -0.3 is 19.6 Å². The summed E-state index contributed by atoms with van der Waals surface area (Å²) in [6.45, 7) is 3.59. The van der Waals surface area contributed by atoms with Gasteiger partial charge in [0.15, 0.2) is 0 Å². The number of ether oxygens (including phenoxy) is 1. The molecule has 1 saturated heterocycles. The predicted molar refractivity (Wildman–Crippen MR) is 98.7 cm³/mol. The number of aromatic carboxylic acids is 1. The van der Waals surface area contributed by atoms with Crippen LogP contribution in [0, 0.1) is 0 Å². The molecule has 0 aromatic heterocycles. The third-order valence-electron chi connectivity index (χ3n) is 4.46. The lowest BCUT2D eigenvalue weighted by Crippen LogP contribution is -2.36. The van der Waals surface area contributed by atoms with Crippen molar-refractivity contribution >= 4 is 17.6 Å². The molecule has 2 aromatic carbocycles. The van der Waals surface area contributed by atoms with Crippen LogP contribution in [-0.4, -0.2) is 55.2 Å². The number of hydrogen-bond acceptors (Lipinski definition) is 4. The van der Waals surface area contributed by atoms with Crippen LogP contribution in [0.3, 0.4) is 0 Å². The van der Waals surface area contributed by atoms with Gasteiger partial charge in [-0.25, -0.2) is 4.79 Å². The standard InChI is InChI=1S/C20H22N2O4/c1-21(14-15-2-4-17(5-3-15)20(24)25)19(23)16-6-8-18(9-7-16)22-10-12-26-13-11-22/h2-9H,10-14H2,1H3,(H,24,25). The van der Waals surface area contributed by atoms with Crippen LogP contribution in [0.2, 0.25) is 0 Å². The molecule has 0 aliphatic carbocycles. The maximum atomic E-state index is 12.6. The van der Waals surface area contributed by atoms with Gasteiger partial charge >= 0.3 is 5.97 Å². The zero-order chi connectivity index (χ0) is 18.5. The third kappa shape index (κ3) is 4.21. The number of carbonyl (C=O) groups excluding carboxylic acids is 1. The largest absolute Gasteiger partial charge is 0.478 e. The molecule has 26 heavy (non-hydrogen) atoms. The molecular formula is C20H22N2O4. The lowest BCUT2D eigenvalue weighted by Gasteiger charge is -2.29. The van der Waals surface area contributed by atoms with Crippen molar-refractivity contribution in [1.82, 2.24) is 4.90 Å². The van der Waals surface area contributed by atoms with E-state index in [1.165, 1.54) is 0 Å². The van der Waals surface area contributed by atoms with Gasteiger partial charge in [0.1, 0.15) is 0 Å². The molecule has 2 aromatic rings. The SMILES string of the molecule is CN(Cc1ccc(C(=O)O)cc1)C(=O)c1ccc(N2CCOCC2)cc1. The first kappa shape index (κ1) is 17.9. The highest BCUT2D eigenvalue weighted by Crippen LogP contribution is 2.18. The lowest BCUT2D eigenvalue weighted by atomic mass is 10.1. The maximum absolute atomic E-state index is 12.6. The van der Waals surface area contributed by atoms with E-state index < -0.39 is 5.97 Å². The first-order valence-corrected chi connectivity index (χ1v) is 8.55. The minimum atomic E-state index is -0.957. The van der Waals surface area contributed by atoms with Crippen molar-refractivity contribution in [2.45, 2.75) is 6.54 Å². The summed E-state index contributed by atoms with van der Waals surface area (Å²) >= 11 is 0. The summed E-state index contributed by atoms with van der Waals surface area (Å²) in [7, 11) is 1.74. The normalized spacial score (nSPS) is 14.1. The number of nitrogens with zero attached hydrogens (tertiary/aromatic N) is 2. The molecule has 0 saturated carbocycles. The van der Waals surface area contributed by atoms with Crippen molar-refractivity contribution in [3.63, 3.8) is 0 Å². The van der Waals surface area contributed by atoms with Crippen molar-refractivity contribution in [2.75, 3.05) is 38.3 Å². The number of amides is 1. The Labute approximate surface area is 152 Å². The van der Waals surface area contributed by atoms with E-state index >= 15 is 0 Å². The smallest absolute Gasteiger partial charge is 0.335 e. The molecule has 136 valence electrons. The lowest BCUT2D eigenvalue weighted by molar-refractivity contribution is 0.0695. The molecule has 1 fully saturated rings. The first-order valence-electron chi connectivity index (χ1n) is 8.55. The number of carbonyl (C=O) groups is 2. The van der Waals surface area contributed by atoms with E-state index in [1.807, 2.05) is 24.3 Å². The second-order valence-corrected chi connectivity index (χ2v) is 6.31. The van der Waals surface area contributed by atoms with Crippen molar-refractivity contribution in [2.24, 2.45) is 0 Å². The summed E-state index contributed by atoms with van der Waals surface area (Å²) in [5, 5.41) is 8.94. The highest BCUT2D eigenvalue weighted by molar-refractivity contribution is 5.94. The summed E-state index contributed by atoms with van der Waals surface area (Å²) in [6.07, 6.45) is 0.